The third-order valence-electron chi connectivity index (χ3n) is 5.64. The maximum absolute atomic E-state index is 13.0. The van der Waals surface area contributed by atoms with E-state index in [2.05, 4.69) is 29.8 Å². The molecule has 0 saturated carbocycles. The summed E-state index contributed by atoms with van der Waals surface area (Å²) in [5, 5.41) is 0. The molecule has 2 aromatic carbocycles. The Labute approximate surface area is 174 Å². The molecule has 0 unspecified atom stereocenters. The Hall–Kier alpha value is -3.09. The summed E-state index contributed by atoms with van der Waals surface area (Å²) in [5.74, 6) is 0.789. The predicted octanol–water partition coefficient (Wildman–Crippen LogP) is 5.11. The van der Waals surface area contributed by atoms with E-state index in [9.17, 15) is 13.2 Å². The van der Waals surface area contributed by atoms with Crippen molar-refractivity contribution in [2.24, 2.45) is 0 Å². The number of nitrogens with zero attached hydrogens (tertiary/aromatic N) is 4. The number of anilines is 2. The molecule has 4 rings (SSSR count). The van der Waals surface area contributed by atoms with Gasteiger partial charge in [-0.2, -0.15) is 13.2 Å². The van der Waals surface area contributed by atoms with Crippen LogP contribution in [0.4, 0.5) is 24.7 Å². The van der Waals surface area contributed by atoms with Gasteiger partial charge in [0.25, 0.3) is 0 Å². The lowest BCUT2D eigenvalue weighted by Gasteiger charge is -2.36. The number of benzene rings is 2. The Balaban J connectivity index is 1.49. The highest BCUT2D eigenvalue weighted by molar-refractivity contribution is 5.65. The second-order valence-corrected chi connectivity index (χ2v) is 7.53. The molecule has 3 aromatic rings. The molecule has 0 spiro atoms. The topological polar surface area (TPSA) is 32.3 Å². The number of hydrogen-bond donors (Lipinski definition) is 0. The van der Waals surface area contributed by atoms with Crippen LogP contribution in [-0.2, 0) is 6.18 Å². The van der Waals surface area contributed by atoms with E-state index in [0.717, 1.165) is 23.1 Å². The van der Waals surface area contributed by atoms with Gasteiger partial charge >= 0.3 is 6.18 Å². The first kappa shape index (κ1) is 20.2. The van der Waals surface area contributed by atoms with E-state index in [1.165, 1.54) is 23.3 Å². The van der Waals surface area contributed by atoms with E-state index >= 15 is 0 Å². The van der Waals surface area contributed by atoms with Crippen molar-refractivity contribution in [3.05, 3.63) is 71.5 Å². The predicted molar refractivity (Wildman–Crippen MR) is 113 cm³/mol. The average Bonchev–Trinajstić information content (AvgIpc) is 2.75. The van der Waals surface area contributed by atoms with Crippen LogP contribution in [0.1, 0.15) is 16.7 Å². The minimum Gasteiger partial charge on any atom is -0.368 e. The van der Waals surface area contributed by atoms with Crippen molar-refractivity contribution >= 4 is 11.5 Å². The van der Waals surface area contributed by atoms with E-state index in [0.29, 0.717) is 31.9 Å². The maximum Gasteiger partial charge on any atom is 0.416 e. The van der Waals surface area contributed by atoms with E-state index < -0.39 is 11.7 Å². The Morgan fingerprint density at radius 1 is 0.867 bits per heavy atom. The number of piperazine rings is 1. The zero-order valence-corrected chi connectivity index (χ0v) is 16.9. The van der Waals surface area contributed by atoms with Crippen molar-refractivity contribution < 1.29 is 13.2 Å². The van der Waals surface area contributed by atoms with Crippen molar-refractivity contribution in [3.63, 3.8) is 0 Å². The molecule has 0 atom stereocenters. The van der Waals surface area contributed by atoms with Gasteiger partial charge in [0.15, 0.2) is 0 Å². The molecule has 1 fully saturated rings. The number of halogens is 3. The highest BCUT2D eigenvalue weighted by Gasteiger charge is 2.31. The molecule has 1 aliphatic heterocycles. The molecule has 2 heterocycles. The third-order valence-corrected chi connectivity index (χ3v) is 5.64. The lowest BCUT2D eigenvalue weighted by Crippen LogP contribution is -2.47. The number of aromatic nitrogens is 2. The van der Waals surface area contributed by atoms with Crippen molar-refractivity contribution in [1.82, 2.24) is 9.97 Å². The second kappa shape index (κ2) is 7.97. The molecule has 0 bridgehead atoms. The van der Waals surface area contributed by atoms with Gasteiger partial charge in [0.1, 0.15) is 5.82 Å². The largest absolute Gasteiger partial charge is 0.416 e. The van der Waals surface area contributed by atoms with Crippen molar-refractivity contribution in [2.75, 3.05) is 36.0 Å². The molecule has 4 nitrogen and oxygen atoms in total. The third kappa shape index (κ3) is 4.10. The van der Waals surface area contributed by atoms with Gasteiger partial charge in [-0.05, 0) is 43.2 Å². The lowest BCUT2D eigenvalue weighted by atomic mass is 10.0. The monoisotopic (exact) mass is 412 g/mol. The highest BCUT2D eigenvalue weighted by Crippen LogP contribution is 2.32. The van der Waals surface area contributed by atoms with Gasteiger partial charge < -0.3 is 9.80 Å². The summed E-state index contributed by atoms with van der Waals surface area (Å²) in [6, 6.07) is 11.6. The smallest absolute Gasteiger partial charge is 0.368 e. The van der Waals surface area contributed by atoms with Gasteiger partial charge in [-0.15, -0.1) is 0 Å². The first-order valence-electron chi connectivity index (χ1n) is 9.89. The van der Waals surface area contributed by atoms with Crippen molar-refractivity contribution in [1.29, 1.82) is 0 Å². The first-order valence-corrected chi connectivity index (χ1v) is 9.89. The van der Waals surface area contributed by atoms with Crippen molar-refractivity contribution in [2.45, 2.75) is 20.0 Å². The van der Waals surface area contributed by atoms with Gasteiger partial charge in [-0.3, -0.25) is 4.98 Å². The van der Waals surface area contributed by atoms with E-state index in [4.69, 9.17) is 4.98 Å². The normalized spacial score (nSPS) is 14.8. The summed E-state index contributed by atoms with van der Waals surface area (Å²) in [6.07, 6.45) is -0.819. The summed E-state index contributed by atoms with van der Waals surface area (Å²) in [5.41, 5.74) is 4.25. The van der Waals surface area contributed by atoms with E-state index in [1.807, 2.05) is 17.0 Å². The molecule has 1 aliphatic rings. The lowest BCUT2D eigenvalue weighted by molar-refractivity contribution is -0.137. The van der Waals surface area contributed by atoms with Crippen LogP contribution in [0.5, 0.6) is 0 Å². The Morgan fingerprint density at radius 2 is 1.57 bits per heavy atom. The Morgan fingerprint density at radius 3 is 2.30 bits per heavy atom. The Bertz CT molecular complexity index is 1040. The van der Waals surface area contributed by atoms with Crippen molar-refractivity contribution in [3.8, 4) is 11.3 Å². The van der Waals surface area contributed by atoms with Crippen LogP contribution in [0.15, 0.2) is 54.9 Å². The van der Waals surface area contributed by atoms with Crippen LogP contribution in [0.25, 0.3) is 11.3 Å². The molecule has 0 radical (unpaired) electrons. The molecule has 0 N–H and O–H groups in total. The van der Waals surface area contributed by atoms with Crippen LogP contribution >= 0.6 is 0 Å². The minimum atomic E-state index is -4.33. The van der Waals surface area contributed by atoms with E-state index in [1.54, 1.807) is 18.5 Å². The molecular weight excluding hydrogens is 389 g/mol. The quantitative estimate of drug-likeness (QED) is 0.599. The van der Waals surface area contributed by atoms with Gasteiger partial charge in [0, 0.05) is 37.4 Å². The standard InChI is InChI=1S/C23H23F3N4/c1-16-5-3-8-20(17(16)2)21-14-27-15-22(28-21)30-11-9-29(10-12-30)19-7-4-6-18(13-19)23(24,25)26/h3-8,13-15H,9-12H2,1-2H3. The second-order valence-electron chi connectivity index (χ2n) is 7.53. The summed E-state index contributed by atoms with van der Waals surface area (Å²) in [6.45, 7) is 6.73. The van der Waals surface area contributed by atoms with Crippen LogP contribution in [0.2, 0.25) is 0 Å². The van der Waals surface area contributed by atoms with Gasteiger partial charge in [0.2, 0.25) is 0 Å². The van der Waals surface area contributed by atoms with Gasteiger partial charge in [-0.1, -0.05) is 24.3 Å². The molecule has 1 aromatic heterocycles. The number of hydrogen-bond acceptors (Lipinski definition) is 4. The number of aryl methyl sites for hydroxylation is 1. The zero-order chi connectivity index (χ0) is 21.3. The maximum atomic E-state index is 13.0. The van der Waals surface area contributed by atoms with Gasteiger partial charge in [0.05, 0.1) is 23.7 Å². The highest BCUT2D eigenvalue weighted by atomic mass is 19.4. The van der Waals surface area contributed by atoms with Crippen LogP contribution < -0.4 is 9.80 Å². The SMILES string of the molecule is Cc1cccc(-c2cncc(N3CCN(c4cccc(C(F)(F)F)c4)CC3)n2)c1C. The molecule has 0 aliphatic carbocycles. The van der Waals surface area contributed by atoms with Gasteiger partial charge in [-0.25, -0.2) is 4.98 Å². The molecule has 0 amide bonds. The fourth-order valence-electron chi connectivity index (χ4n) is 3.74. The van der Waals surface area contributed by atoms with Crippen LogP contribution in [0, 0.1) is 13.8 Å². The number of rotatable bonds is 3. The fourth-order valence-corrected chi connectivity index (χ4v) is 3.74. The summed E-state index contributed by atoms with van der Waals surface area (Å²) in [7, 11) is 0. The number of alkyl halides is 3. The molecule has 30 heavy (non-hydrogen) atoms. The molecular formula is C23H23F3N4. The summed E-state index contributed by atoms with van der Waals surface area (Å²) in [4.78, 5) is 13.3. The summed E-state index contributed by atoms with van der Waals surface area (Å²) < 4.78 is 39.0. The first-order chi connectivity index (χ1) is 14.3. The molecule has 7 heteroatoms. The van der Waals surface area contributed by atoms with E-state index in [-0.39, 0.29) is 0 Å². The Kier molecular flexibility index (Phi) is 5.37. The fraction of sp³-hybridized carbons (Fsp3) is 0.304. The van der Waals surface area contributed by atoms with Crippen LogP contribution in [-0.4, -0.2) is 36.1 Å². The molecule has 1 saturated heterocycles. The zero-order valence-electron chi connectivity index (χ0n) is 16.9. The minimum absolute atomic E-state index is 0.597. The average molecular weight is 412 g/mol. The summed E-state index contributed by atoms with van der Waals surface area (Å²) >= 11 is 0. The van der Waals surface area contributed by atoms with Crippen LogP contribution in [0.3, 0.4) is 0 Å². The molecule has 156 valence electrons.